The van der Waals surface area contributed by atoms with Crippen LogP contribution in [0.2, 0.25) is 0 Å². The predicted octanol–water partition coefficient (Wildman–Crippen LogP) is -3.83. The van der Waals surface area contributed by atoms with Crippen LogP contribution >= 0.6 is 0 Å². The van der Waals surface area contributed by atoms with Gasteiger partial charge in [-0.3, -0.25) is 4.79 Å². The van der Waals surface area contributed by atoms with E-state index in [0.717, 1.165) is 0 Å². The van der Waals surface area contributed by atoms with Crippen LogP contribution in [-0.2, 0) is 4.79 Å². The topological polar surface area (TPSA) is 158 Å². The number of hydrogen-bond donors (Lipinski definition) is 2. The molecule has 0 rings (SSSR count). The van der Waals surface area contributed by atoms with Crippen molar-refractivity contribution in [2.45, 2.75) is 0 Å². The van der Waals surface area contributed by atoms with E-state index in [1.54, 1.807) is 0 Å². The van der Waals surface area contributed by atoms with Crippen molar-refractivity contribution in [2.24, 2.45) is 5.73 Å². The summed E-state index contributed by atoms with van der Waals surface area (Å²) in [5.74, 6) is -0.968. The molecule has 7 heteroatoms. The van der Waals surface area contributed by atoms with Crippen molar-refractivity contribution in [3.63, 3.8) is 0 Å². The van der Waals surface area contributed by atoms with Crippen LogP contribution in [0.4, 0.5) is 0 Å². The first-order chi connectivity index (χ1) is 2.27. The molecular weight excluding hydrogens is 141 g/mol. The molecule has 55 valence electrons. The van der Waals surface area contributed by atoms with E-state index in [9.17, 15) is 4.79 Å². The summed E-state index contributed by atoms with van der Waals surface area (Å²) in [5.41, 5.74) is 4.57. The van der Waals surface area contributed by atoms with E-state index in [2.05, 4.69) is 5.73 Å². The standard InChI is InChI=1S/C2H5NO2.Na.3H2O/c3-1-2(4)5;;;;/h1,3H2,(H,4,5);;3*1H2. The SMILES string of the molecule is NCC(=O)O.O.O.O.[Na]. The van der Waals surface area contributed by atoms with Crippen LogP contribution in [0.25, 0.3) is 0 Å². The summed E-state index contributed by atoms with van der Waals surface area (Å²) in [5, 5.41) is 7.60. The molecule has 0 saturated heterocycles. The van der Waals surface area contributed by atoms with Gasteiger partial charge < -0.3 is 27.3 Å². The van der Waals surface area contributed by atoms with E-state index >= 15 is 0 Å². The number of rotatable bonds is 1. The first kappa shape index (κ1) is 34.6. The summed E-state index contributed by atoms with van der Waals surface area (Å²) < 4.78 is 0. The van der Waals surface area contributed by atoms with Crippen molar-refractivity contribution < 1.29 is 26.3 Å². The molecule has 9 N–H and O–H groups in total. The molecule has 0 atom stereocenters. The fourth-order valence-electron chi connectivity index (χ4n) is 0. The molecule has 0 aliphatic carbocycles. The van der Waals surface area contributed by atoms with Crippen molar-refractivity contribution in [3.8, 4) is 0 Å². The molecule has 0 aromatic carbocycles. The minimum atomic E-state index is -0.968. The van der Waals surface area contributed by atoms with E-state index in [1.165, 1.54) is 0 Å². The third kappa shape index (κ3) is 62.0. The van der Waals surface area contributed by atoms with Gasteiger partial charge in [0, 0.05) is 29.6 Å². The maximum absolute atomic E-state index is 9.24. The van der Waals surface area contributed by atoms with E-state index in [1.807, 2.05) is 0 Å². The minimum Gasteiger partial charge on any atom is -0.480 e. The van der Waals surface area contributed by atoms with Crippen LogP contribution in [0.5, 0.6) is 0 Å². The van der Waals surface area contributed by atoms with Gasteiger partial charge in [0.1, 0.15) is 0 Å². The summed E-state index contributed by atoms with van der Waals surface area (Å²) in [6.07, 6.45) is 0. The fraction of sp³-hybridized carbons (Fsp3) is 0.500. The number of carbonyl (C=O) groups is 1. The Bertz CT molecular complexity index is 50.2. The molecule has 0 aliphatic rings. The third-order valence-electron chi connectivity index (χ3n) is 0.175. The Labute approximate surface area is 74.3 Å². The molecule has 0 amide bonds. The molecular formula is C2H11NNaO5. The molecule has 9 heavy (non-hydrogen) atoms. The number of hydrogen-bond acceptors (Lipinski definition) is 2. The van der Waals surface area contributed by atoms with Gasteiger partial charge in [-0.1, -0.05) is 0 Å². The van der Waals surface area contributed by atoms with Crippen molar-refractivity contribution in [3.05, 3.63) is 0 Å². The van der Waals surface area contributed by atoms with Crippen molar-refractivity contribution in [1.82, 2.24) is 0 Å². The molecule has 0 aliphatic heterocycles. The molecule has 0 fully saturated rings. The number of carboxylic acid groups (broad SMARTS) is 1. The predicted molar refractivity (Wildman–Crippen MR) is 33.3 cm³/mol. The summed E-state index contributed by atoms with van der Waals surface area (Å²) >= 11 is 0. The molecule has 0 unspecified atom stereocenters. The van der Waals surface area contributed by atoms with Crippen molar-refractivity contribution in [1.29, 1.82) is 0 Å². The second-order valence-electron chi connectivity index (χ2n) is 0.598. The number of nitrogens with two attached hydrogens (primary N) is 1. The van der Waals surface area contributed by atoms with Gasteiger partial charge in [0.05, 0.1) is 6.54 Å². The number of carboxylic acids is 1. The van der Waals surface area contributed by atoms with Crippen molar-refractivity contribution >= 4 is 35.5 Å². The maximum atomic E-state index is 9.24. The van der Waals surface area contributed by atoms with Gasteiger partial charge in [-0.25, -0.2) is 0 Å². The minimum absolute atomic E-state index is 0. The molecule has 0 bridgehead atoms. The van der Waals surface area contributed by atoms with Crippen LogP contribution < -0.4 is 5.73 Å². The molecule has 0 heterocycles. The largest absolute Gasteiger partial charge is 0.480 e. The first-order valence-electron chi connectivity index (χ1n) is 1.19. The Balaban J connectivity index is -0.0000000133. The van der Waals surface area contributed by atoms with Gasteiger partial charge in [-0.05, 0) is 0 Å². The Hall–Kier alpha value is 0.310. The molecule has 0 aromatic rings. The quantitative estimate of drug-likeness (QED) is 0.369. The first-order valence-corrected chi connectivity index (χ1v) is 1.19. The zero-order valence-electron chi connectivity index (χ0n) is 5.14. The maximum Gasteiger partial charge on any atom is 0.317 e. The van der Waals surface area contributed by atoms with Gasteiger partial charge in [-0.15, -0.1) is 0 Å². The van der Waals surface area contributed by atoms with Crippen LogP contribution in [0.15, 0.2) is 0 Å². The van der Waals surface area contributed by atoms with Crippen LogP contribution in [-0.4, -0.2) is 63.6 Å². The molecule has 0 aromatic heterocycles. The Kier molecular flexibility index (Phi) is 91.9. The molecule has 0 saturated carbocycles. The Morgan fingerprint density at radius 2 is 1.44 bits per heavy atom. The van der Waals surface area contributed by atoms with Gasteiger partial charge >= 0.3 is 5.97 Å². The van der Waals surface area contributed by atoms with Gasteiger partial charge in [0.2, 0.25) is 0 Å². The second kappa shape index (κ2) is 23.9. The molecule has 1 radical (unpaired) electrons. The average Bonchev–Trinajstić information content (AvgIpc) is 1.38. The average molecular weight is 152 g/mol. The van der Waals surface area contributed by atoms with Gasteiger partial charge in [0.25, 0.3) is 0 Å². The molecule has 0 spiro atoms. The normalized spacial score (nSPS) is 4.11. The zero-order valence-corrected chi connectivity index (χ0v) is 7.14. The Morgan fingerprint density at radius 1 is 1.33 bits per heavy atom. The summed E-state index contributed by atoms with van der Waals surface area (Å²) in [6.45, 7) is -0.278. The smallest absolute Gasteiger partial charge is 0.317 e. The summed E-state index contributed by atoms with van der Waals surface area (Å²) in [6, 6.07) is 0. The number of aliphatic carboxylic acids is 1. The zero-order chi connectivity index (χ0) is 4.28. The fourth-order valence-corrected chi connectivity index (χ4v) is 0. The van der Waals surface area contributed by atoms with Gasteiger partial charge in [-0.2, -0.15) is 0 Å². The van der Waals surface area contributed by atoms with Crippen LogP contribution in [0, 0.1) is 0 Å². The second-order valence-corrected chi connectivity index (χ2v) is 0.598. The van der Waals surface area contributed by atoms with Crippen LogP contribution in [0.1, 0.15) is 0 Å². The Morgan fingerprint density at radius 3 is 1.44 bits per heavy atom. The summed E-state index contributed by atoms with van der Waals surface area (Å²) in [7, 11) is 0. The van der Waals surface area contributed by atoms with E-state index in [4.69, 9.17) is 5.11 Å². The van der Waals surface area contributed by atoms with Crippen molar-refractivity contribution in [2.75, 3.05) is 6.54 Å². The van der Waals surface area contributed by atoms with E-state index < -0.39 is 5.97 Å². The monoisotopic (exact) mass is 152 g/mol. The van der Waals surface area contributed by atoms with E-state index in [-0.39, 0.29) is 52.5 Å². The van der Waals surface area contributed by atoms with E-state index in [0.29, 0.717) is 0 Å². The third-order valence-corrected chi connectivity index (χ3v) is 0.175. The van der Waals surface area contributed by atoms with Gasteiger partial charge in [0.15, 0.2) is 0 Å². The van der Waals surface area contributed by atoms with Crippen LogP contribution in [0.3, 0.4) is 0 Å². The summed E-state index contributed by atoms with van der Waals surface area (Å²) in [4.78, 5) is 9.24. The molecule has 6 nitrogen and oxygen atoms in total.